The Hall–Kier alpha value is -2.07. The first kappa shape index (κ1) is 15.3. The van der Waals surface area contributed by atoms with Crippen LogP contribution in [0.4, 0.5) is 10.1 Å². The number of halogens is 1. The third kappa shape index (κ3) is 4.20. The first-order chi connectivity index (χ1) is 10.1. The van der Waals surface area contributed by atoms with E-state index in [1.165, 1.54) is 12.1 Å². The van der Waals surface area contributed by atoms with E-state index >= 15 is 0 Å². The van der Waals surface area contributed by atoms with Gasteiger partial charge in [0.05, 0.1) is 7.11 Å². The molecule has 4 heteroatoms. The number of hydrogen-bond acceptors (Lipinski definition) is 3. The van der Waals surface area contributed by atoms with Crippen LogP contribution in [-0.4, -0.2) is 20.7 Å². The molecule has 21 heavy (non-hydrogen) atoms. The van der Waals surface area contributed by atoms with E-state index < -0.39 is 0 Å². The summed E-state index contributed by atoms with van der Waals surface area (Å²) in [5.74, 6) is 0.593. The standard InChI is InChI=1S/C17H21FN2O/c1-20(15-6-8-16(21-2)9-7-15)11-10-17(19)13-4-3-5-14(18)12-13/h3-9,12,17H,10-11,19H2,1-2H3. The second-order valence-corrected chi connectivity index (χ2v) is 5.07. The van der Waals surface area contributed by atoms with Crippen molar-refractivity contribution in [2.45, 2.75) is 12.5 Å². The Balaban J connectivity index is 1.92. The Morgan fingerprint density at radius 3 is 2.52 bits per heavy atom. The molecule has 2 aromatic carbocycles. The van der Waals surface area contributed by atoms with Gasteiger partial charge in [-0.25, -0.2) is 4.39 Å². The van der Waals surface area contributed by atoms with Crippen molar-refractivity contribution in [3.8, 4) is 5.75 Å². The van der Waals surface area contributed by atoms with Crippen LogP contribution >= 0.6 is 0 Å². The SMILES string of the molecule is COc1ccc(N(C)CCC(N)c2cccc(F)c2)cc1. The van der Waals surface area contributed by atoms with Crippen LogP contribution in [0.2, 0.25) is 0 Å². The lowest BCUT2D eigenvalue weighted by Gasteiger charge is -2.22. The topological polar surface area (TPSA) is 38.5 Å². The highest BCUT2D eigenvalue weighted by molar-refractivity contribution is 5.48. The molecule has 1 atom stereocenters. The van der Waals surface area contributed by atoms with Crippen molar-refractivity contribution in [1.82, 2.24) is 0 Å². The second kappa shape index (κ2) is 7.09. The van der Waals surface area contributed by atoms with Crippen molar-refractivity contribution in [2.24, 2.45) is 5.73 Å². The molecule has 0 saturated carbocycles. The van der Waals surface area contributed by atoms with Crippen LogP contribution in [0, 0.1) is 5.82 Å². The fourth-order valence-electron chi connectivity index (χ4n) is 2.20. The first-order valence-corrected chi connectivity index (χ1v) is 6.96. The van der Waals surface area contributed by atoms with Gasteiger partial charge in [-0.1, -0.05) is 12.1 Å². The predicted molar refractivity (Wildman–Crippen MR) is 84.2 cm³/mol. The molecular weight excluding hydrogens is 267 g/mol. The number of hydrogen-bond donors (Lipinski definition) is 1. The maximum atomic E-state index is 13.2. The number of ether oxygens (including phenoxy) is 1. The van der Waals surface area contributed by atoms with E-state index in [1.54, 1.807) is 13.2 Å². The van der Waals surface area contributed by atoms with Crippen molar-refractivity contribution < 1.29 is 9.13 Å². The zero-order valence-electron chi connectivity index (χ0n) is 12.4. The van der Waals surface area contributed by atoms with Gasteiger partial charge >= 0.3 is 0 Å². The molecule has 0 amide bonds. The molecule has 0 spiro atoms. The largest absolute Gasteiger partial charge is 0.497 e. The van der Waals surface area contributed by atoms with Crippen molar-refractivity contribution in [3.63, 3.8) is 0 Å². The Morgan fingerprint density at radius 2 is 1.90 bits per heavy atom. The summed E-state index contributed by atoms with van der Waals surface area (Å²) in [6, 6.07) is 14.2. The molecular formula is C17H21FN2O. The molecule has 112 valence electrons. The number of nitrogens with two attached hydrogens (primary N) is 1. The fraction of sp³-hybridized carbons (Fsp3) is 0.294. The molecule has 2 N–H and O–H groups in total. The maximum Gasteiger partial charge on any atom is 0.123 e. The van der Waals surface area contributed by atoms with Gasteiger partial charge < -0.3 is 15.4 Å². The van der Waals surface area contributed by atoms with Crippen molar-refractivity contribution >= 4 is 5.69 Å². The number of anilines is 1. The molecule has 0 bridgehead atoms. The Morgan fingerprint density at radius 1 is 1.19 bits per heavy atom. The van der Waals surface area contributed by atoms with Crippen LogP contribution in [0.3, 0.4) is 0 Å². The molecule has 3 nitrogen and oxygen atoms in total. The fourth-order valence-corrected chi connectivity index (χ4v) is 2.20. The smallest absolute Gasteiger partial charge is 0.123 e. The van der Waals surface area contributed by atoms with E-state index in [1.807, 2.05) is 37.4 Å². The minimum atomic E-state index is -0.244. The van der Waals surface area contributed by atoms with Crippen LogP contribution < -0.4 is 15.4 Å². The molecule has 0 aliphatic rings. The van der Waals surface area contributed by atoms with Crippen molar-refractivity contribution in [1.29, 1.82) is 0 Å². The van der Waals surface area contributed by atoms with Crippen LogP contribution in [0.15, 0.2) is 48.5 Å². The molecule has 0 fully saturated rings. The van der Waals surface area contributed by atoms with Gasteiger partial charge in [0, 0.05) is 25.3 Å². The van der Waals surface area contributed by atoms with Crippen LogP contribution in [0.1, 0.15) is 18.0 Å². The molecule has 0 aliphatic carbocycles. The Bertz CT molecular complexity index is 571. The van der Waals surface area contributed by atoms with E-state index in [0.717, 1.165) is 30.0 Å². The number of benzene rings is 2. The predicted octanol–water partition coefficient (Wildman–Crippen LogP) is 3.36. The van der Waals surface area contributed by atoms with Gasteiger partial charge in [0.25, 0.3) is 0 Å². The van der Waals surface area contributed by atoms with Gasteiger partial charge in [0.1, 0.15) is 11.6 Å². The summed E-state index contributed by atoms with van der Waals surface area (Å²) in [7, 11) is 3.66. The van der Waals surface area contributed by atoms with E-state index in [0.29, 0.717) is 0 Å². The molecule has 0 heterocycles. The van der Waals surface area contributed by atoms with Crippen LogP contribution in [-0.2, 0) is 0 Å². The summed E-state index contributed by atoms with van der Waals surface area (Å²) in [6.45, 7) is 0.796. The van der Waals surface area contributed by atoms with Gasteiger partial charge in [0.2, 0.25) is 0 Å². The van der Waals surface area contributed by atoms with Gasteiger partial charge in [-0.2, -0.15) is 0 Å². The quantitative estimate of drug-likeness (QED) is 0.886. The second-order valence-electron chi connectivity index (χ2n) is 5.07. The normalized spacial score (nSPS) is 12.0. The lowest BCUT2D eigenvalue weighted by atomic mass is 10.0. The third-order valence-electron chi connectivity index (χ3n) is 3.57. The molecule has 1 unspecified atom stereocenters. The van der Waals surface area contributed by atoms with Crippen LogP contribution in [0.25, 0.3) is 0 Å². The lowest BCUT2D eigenvalue weighted by Crippen LogP contribution is -2.23. The highest BCUT2D eigenvalue weighted by Gasteiger charge is 2.09. The molecule has 0 radical (unpaired) electrons. The average Bonchev–Trinajstić information content (AvgIpc) is 2.52. The molecule has 0 aromatic heterocycles. The van der Waals surface area contributed by atoms with Gasteiger partial charge in [0.15, 0.2) is 0 Å². The summed E-state index contributed by atoms with van der Waals surface area (Å²) < 4.78 is 18.3. The summed E-state index contributed by atoms with van der Waals surface area (Å²) >= 11 is 0. The highest BCUT2D eigenvalue weighted by atomic mass is 19.1. The van der Waals surface area contributed by atoms with Crippen molar-refractivity contribution in [2.75, 3.05) is 25.6 Å². The summed E-state index contributed by atoms with van der Waals surface area (Å²) in [5.41, 5.74) is 8.05. The first-order valence-electron chi connectivity index (χ1n) is 6.96. The summed E-state index contributed by atoms with van der Waals surface area (Å²) in [6.07, 6.45) is 0.756. The minimum absolute atomic E-state index is 0.165. The molecule has 0 saturated heterocycles. The van der Waals surface area contributed by atoms with Crippen molar-refractivity contribution in [3.05, 3.63) is 59.9 Å². The van der Waals surface area contributed by atoms with Crippen LogP contribution in [0.5, 0.6) is 5.75 Å². The van der Waals surface area contributed by atoms with E-state index in [4.69, 9.17) is 10.5 Å². The monoisotopic (exact) mass is 288 g/mol. The minimum Gasteiger partial charge on any atom is -0.497 e. The zero-order chi connectivity index (χ0) is 15.2. The molecule has 2 rings (SSSR count). The summed E-state index contributed by atoms with van der Waals surface area (Å²) in [5, 5.41) is 0. The summed E-state index contributed by atoms with van der Waals surface area (Å²) in [4.78, 5) is 2.12. The molecule has 0 aliphatic heterocycles. The Kier molecular flexibility index (Phi) is 5.17. The van der Waals surface area contributed by atoms with E-state index in [9.17, 15) is 4.39 Å². The zero-order valence-corrected chi connectivity index (χ0v) is 12.4. The average molecular weight is 288 g/mol. The Labute approximate surface area is 125 Å². The highest BCUT2D eigenvalue weighted by Crippen LogP contribution is 2.20. The number of methoxy groups -OCH3 is 1. The van der Waals surface area contributed by atoms with Gasteiger partial charge in [-0.05, 0) is 48.4 Å². The van der Waals surface area contributed by atoms with E-state index in [-0.39, 0.29) is 11.9 Å². The number of nitrogens with zero attached hydrogens (tertiary/aromatic N) is 1. The van der Waals surface area contributed by atoms with E-state index in [2.05, 4.69) is 4.90 Å². The maximum absolute atomic E-state index is 13.2. The molecule has 2 aromatic rings. The third-order valence-corrected chi connectivity index (χ3v) is 3.57. The van der Waals surface area contributed by atoms with Gasteiger partial charge in [-0.15, -0.1) is 0 Å². The lowest BCUT2D eigenvalue weighted by molar-refractivity contribution is 0.415. The number of rotatable bonds is 6. The van der Waals surface area contributed by atoms with Gasteiger partial charge in [-0.3, -0.25) is 0 Å².